The molecule has 6 heteroatoms. The van der Waals surface area contributed by atoms with E-state index in [0.717, 1.165) is 48.9 Å². The first-order valence-corrected chi connectivity index (χ1v) is 13.8. The number of amides is 2. The maximum atomic E-state index is 13.9. The van der Waals surface area contributed by atoms with Gasteiger partial charge in [-0.25, -0.2) is 0 Å². The normalized spacial score (nSPS) is 20.4. The fourth-order valence-corrected chi connectivity index (χ4v) is 5.69. The number of hydrogen-bond acceptors (Lipinski definition) is 3. The zero-order valence-corrected chi connectivity index (χ0v) is 22.1. The van der Waals surface area contributed by atoms with Gasteiger partial charge in [0, 0.05) is 18.2 Å². The van der Waals surface area contributed by atoms with Crippen molar-refractivity contribution in [3.63, 3.8) is 0 Å². The van der Waals surface area contributed by atoms with Crippen molar-refractivity contribution < 1.29 is 9.59 Å². The molecule has 0 saturated heterocycles. The molecule has 2 aliphatic rings. The van der Waals surface area contributed by atoms with E-state index in [1.54, 1.807) is 9.58 Å². The Balaban J connectivity index is 1.45. The molecule has 5 rings (SSSR count). The highest BCUT2D eigenvalue weighted by molar-refractivity contribution is 6.00. The van der Waals surface area contributed by atoms with E-state index >= 15 is 0 Å². The second kappa shape index (κ2) is 10.9. The molecule has 1 aliphatic heterocycles. The lowest BCUT2D eigenvalue weighted by molar-refractivity contribution is -0.133. The Morgan fingerprint density at radius 2 is 1.70 bits per heavy atom. The van der Waals surface area contributed by atoms with E-state index in [2.05, 4.69) is 48.6 Å². The topological polar surface area (TPSA) is 67.2 Å². The average molecular weight is 499 g/mol. The maximum Gasteiger partial charge on any atom is 0.273 e. The van der Waals surface area contributed by atoms with Crippen LogP contribution in [0.25, 0.3) is 11.3 Å². The summed E-state index contributed by atoms with van der Waals surface area (Å²) in [6, 6.07) is 20.5. The van der Waals surface area contributed by atoms with E-state index in [0.29, 0.717) is 25.2 Å². The number of benzene rings is 2. The number of hydrogen-bond donors (Lipinski definition) is 1. The maximum absolute atomic E-state index is 13.9. The number of nitrogens with zero attached hydrogens (tertiary/aromatic N) is 3. The molecular weight excluding hydrogens is 460 g/mol. The minimum Gasteiger partial charge on any atom is -0.351 e. The Morgan fingerprint density at radius 3 is 2.38 bits per heavy atom. The molecule has 1 fully saturated rings. The summed E-state index contributed by atoms with van der Waals surface area (Å²) >= 11 is 0. The van der Waals surface area contributed by atoms with E-state index in [-0.39, 0.29) is 17.9 Å². The summed E-state index contributed by atoms with van der Waals surface area (Å²) in [6.45, 7) is 4.86. The van der Waals surface area contributed by atoms with Crippen molar-refractivity contribution in [1.29, 1.82) is 0 Å². The largest absolute Gasteiger partial charge is 0.351 e. The summed E-state index contributed by atoms with van der Waals surface area (Å²) in [5.74, 6) is -0.208. The van der Waals surface area contributed by atoms with Crippen molar-refractivity contribution >= 4 is 11.8 Å². The third kappa shape index (κ3) is 5.34. The highest BCUT2D eigenvalue weighted by atomic mass is 16.2. The molecule has 1 atom stereocenters. The van der Waals surface area contributed by atoms with E-state index in [9.17, 15) is 9.59 Å². The van der Waals surface area contributed by atoms with Crippen molar-refractivity contribution in [2.45, 2.75) is 83.3 Å². The molecule has 2 amide bonds. The van der Waals surface area contributed by atoms with E-state index in [1.807, 2.05) is 31.2 Å². The predicted octanol–water partition coefficient (Wildman–Crippen LogP) is 5.41. The highest BCUT2D eigenvalue weighted by Crippen LogP contribution is 2.31. The Labute approximate surface area is 220 Å². The lowest BCUT2D eigenvalue weighted by Crippen LogP contribution is -2.65. The smallest absolute Gasteiger partial charge is 0.273 e. The van der Waals surface area contributed by atoms with Gasteiger partial charge in [-0.05, 0) is 49.8 Å². The van der Waals surface area contributed by atoms with Gasteiger partial charge in [0.05, 0.1) is 12.2 Å². The monoisotopic (exact) mass is 498 g/mol. The second-order valence-electron chi connectivity index (χ2n) is 10.8. The van der Waals surface area contributed by atoms with Gasteiger partial charge in [0.25, 0.3) is 5.91 Å². The molecular formula is C31H38N4O2. The summed E-state index contributed by atoms with van der Waals surface area (Å²) < 4.78 is 1.75. The number of aryl methyl sites for hydroxylation is 1. The van der Waals surface area contributed by atoms with Crippen molar-refractivity contribution in [2.75, 3.05) is 6.54 Å². The highest BCUT2D eigenvalue weighted by Gasteiger charge is 2.48. The standard InChI is InChI=1S/C31H38N4O2/c1-3-23-15-17-25(18-16-23)27-21-28-29(36)34(20-19-24-11-7-6-8-12-24)31(2,22-35(28)33-27)30(37)32-26-13-9-4-5-10-14-26/h6-8,11-12,15-18,21,26H,3-5,9-10,13-14,19-20,22H2,1-2H3,(H,32,37)/t31-/m0/s1. The summed E-state index contributed by atoms with van der Waals surface area (Å²) in [5, 5.41) is 8.13. The van der Waals surface area contributed by atoms with Crippen LogP contribution >= 0.6 is 0 Å². The van der Waals surface area contributed by atoms with Crippen molar-refractivity contribution in [3.05, 3.63) is 77.5 Å². The SMILES string of the molecule is CCc1ccc(-c2cc3n(n2)C[C@@](C)(C(=O)NC2CCCCCC2)N(CCc2ccccc2)C3=O)cc1. The number of carbonyl (C=O) groups excluding carboxylic acids is 2. The molecule has 1 aliphatic carbocycles. The van der Waals surface area contributed by atoms with Crippen molar-refractivity contribution in [2.24, 2.45) is 0 Å². The van der Waals surface area contributed by atoms with Crippen LogP contribution in [0.4, 0.5) is 0 Å². The van der Waals surface area contributed by atoms with E-state index in [1.165, 1.54) is 18.4 Å². The van der Waals surface area contributed by atoms with E-state index in [4.69, 9.17) is 5.10 Å². The first-order valence-electron chi connectivity index (χ1n) is 13.8. The fourth-order valence-electron chi connectivity index (χ4n) is 5.69. The first-order chi connectivity index (χ1) is 18.0. The van der Waals surface area contributed by atoms with Gasteiger partial charge in [-0.3, -0.25) is 14.3 Å². The number of nitrogens with one attached hydrogen (secondary N) is 1. The zero-order chi connectivity index (χ0) is 25.8. The number of rotatable bonds is 7. The zero-order valence-electron chi connectivity index (χ0n) is 22.1. The molecule has 2 heterocycles. The Hall–Kier alpha value is -3.41. The second-order valence-corrected chi connectivity index (χ2v) is 10.8. The van der Waals surface area contributed by atoms with Crippen LogP contribution in [-0.4, -0.2) is 44.6 Å². The van der Waals surface area contributed by atoms with Gasteiger partial charge in [-0.1, -0.05) is 87.2 Å². The molecule has 0 bridgehead atoms. The molecule has 6 nitrogen and oxygen atoms in total. The molecule has 2 aromatic carbocycles. The lowest BCUT2D eigenvalue weighted by atomic mass is 9.93. The molecule has 1 aromatic heterocycles. The van der Waals surface area contributed by atoms with Crippen LogP contribution in [0.2, 0.25) is 0 Å². The van der Waals surface area contributed by atoms with Gasteiger partial charge in [-0.15, -0.1) is 0 Å². The van der Waals surface area contributed by atoms with Gasteiger partial charge in [-0.2, -0.15) is 5.10 Å². The van der Waals surface area contributed by atoms with Crippen LogP contribution in [-0.2, 0) is 24.2 Å². The summed E-state index contributed by atoms with van der Waals surface area (Å²) in [6.07, 6.45) is 8.41. The number of carbonyl (C=O) groups is 2. The molecule has 0 spiro atoms. The van der Waals surface area contributed by atoms with Crippen LogP contribution < -0.4 is 5.32 Å². The molecule has 1 N–H and O–H groups in total. The van der Waals surface area contributed by atoms with Crippen LogP contribution in [0.15, 0.2) is 60.7 Å². The average Bonchev–Trinajstić information content (AvgIpc) is 3.17. The van der Waals surface area contributed by atoms with Gasteiger partial charge < -0.3 is 10.2 Å². The minimum atomic E-state index is -1.01. The van der Waals surface area contributed by atoms with Crippen LogP contribution in [0, 0.1) is 0 Å². The molecule has 1 saturated carbocycles. The molecule has 3 aromatic rings. The number of aromatic nitrogens is 2. The summed E-state index contributed by atoms with van der Waals surface area (Å²) in [4.78, 5) is 29.6. The van der Waals surface area contributed by atoms with Crippen molar-refractivity contribution in [1.82, 2.24) is 20.0 Å². The Morgan fingerprint density at radius 1 is 1.00 bits per heavy atom. The van der Waals surface area contributed by atoms with Gasteiger partial charge in [0.2, 0.25) is 5.91 Å². The summed E-state index contributed by atoms with van der Waals surface area (Å²) in [5.41, 5.74) is 3.69. The van der Waals surface area contributed by atoms with E-state index < -0.39 is 5.54 Å². The minimum absolute atomic E-state index is 0.0733. The van der Waals surface area contributed by atoms with Crippen LogP contribution in [0.5, 0.6) is 0 Å². The number of fused-ring (bicyclic) bond motifs is 1. The predicted molar refractivity (Wildman–Crippen MR) is 146 cm³/mol. The Bertz CT molecular complexity index is 1230. The van der Waals surface area contributed by atoms with Crippen molar-refractivity contribution in [3.8, 4) is 11.3 Å². The molecule has 0 radical (unpaired) electrons. The third-order valence-corrected chi connectivity index (χ3v) is 8.10. The van der Waals surface area contributed by atoms with Crippen LogP contribution in [0.1, 0.15) is 74.0 Å². The third-order valence-electron chi connectivity index (χ3n) is 8.10. The first kappa shape index (κ1) is 25.2. The fraction of sp³-hybridized carbons (Fsp3) is 0.452. The molecule has 0 unspecified atom stereocenters. The quantitative estimate of drug-likeness (QED) is 0.443. The lowest BCUT2D eigenvalue weighted by Gasteiger charge is -2.44. The van der Waals surface area contributed by atoms with Gasteiger partial charge in [0.15, 0.2) is 0 Å². The Kier molecular flexibility index (Phi) is 7.45. The molecule has 194 valence electrons. The van der Waals surface area contributed by atoms with Gasteiger partial charge >= 0.3 is 0 Å². The van der Waals surface area contributed by atoms with Gasteiger partial charge in [0.1, 0.15) is 11.2 Å². The van der Waals surface area contributed by atoms with Crippen LogP contribution in [0.3, 0.4) is 0 Å². The molecule has 37 heavy (non-hydrogen) atoms. The summed E-state index contributed by atoms with van der Waals surface area (Å²) in [7, 11) is 0.